The lowest BCUT2D eigenvalue weighted by Crippen LogP contribution is -2.42. The van der Waals surface area contributed by atoms with Crippen molar-refractivity contribution < 1.29 is 14.3 Å². The van der Waals surface area contributed by atoms with E-state index in [-0.39, 0.29) is 11.8 Å². The van der Waals surface area contributed by atoms with Crippen LogP contribution in [0.1, 0.15) is 32.6 Å². The molecule has 0 radical (unpaired) electrons. The summed E-state index contributed by atoms with van der Waals surface area (Å²) in [6, 6.07) is 0. The first kappa shape index (κ1) is 17.2. The fourth-order valence-electron chi connectivity index (χ4n) is 3.18. The molecule has 22 heavy (non-hydrogen) atoms. The SMILES string of the molecule is CC(CC(=O)NCCC(=O)N1CCOCC1)C1CCCNC1. The number of rotatable bonds is 6. The highest BCUT2D eigenvalue weighted by Crippen LogP contribution is 2.22. The molecule has 126 valence electrons. The van der Waals surface area contributed by atoms with E-state index in [0.717, 1.165) is 13.1 Å². The van der Waals surface area contributed by atoms with Gasteiger partial charge in [-0.15, -0.1) is 0 Å². The second-order valence-electron chi connectivity index (χ2n) is 6.38. The van der Waals surface area contributed by atoms with E-state index in [1.807, 2.05) is 4.90 Å². The summed E-state index contributed by atoms with van der Waals surface area (Å²) in [6.45, 7) is 7.26. The van der Waals surface area contributed by atoms with Crippen molar-refractivity contribution in [2.75, 3.05) is 45.9 Å². The fourth-order valence-corrected chi connectivity index (χ4v) is 3.18. The van der Waals surface area contributed by atoms with E-state index in [0.29, 0.717) is 57.5 Å². The van der Waals surface area contributed by atoms with Gasteiger partial charge in [0.25, 0.3) is 0 Å². The van der Waals surface area contributed by atoms with Crippen LogP contribution >= 0.6 is 0 Å². The second kappa shape index (κ2) is 9.10. The third-order valence-electron chi connectivity index (χ3n) is 4.67. The summed E-state index contributed by atoms with van der Waals surface area (Å²) in [5.74, 6) is 1.15. The molecule has 0 bridgehead atoms. The molecular weight excluding hydrogens is 282 g/mol. The van der Waals surface area contributed by atoms with Gasteiger partial charge in [0, 0.05) is 32.5 Å². The average Bonchev–Trinajstić information content (AvgIpc) is 2.56. The third-order valence-corrected chi connectivity index (χ3v) is 4.67. The van der Waals surface area contributed by atoms with E-state index in [9.17, 15) is 9.59 Å². The van der Waals surface area contributed by atoms with Gasteiger partial charge in [-0.3, -0.25) is 9.59 Å². The monoisotopic (exact) mass is 311 g/mol. The van der Waals surface area contributed by atoms with E-state index < -0.39 is 0 Å². The normalized spacial score (nSPS) is 23.9. The molecule has 2 rings (SSSR count). The lowest BCUT2D eigenvalue weighted by atomic mass is 9.85. The Kier molecular flexibility index (Phi) is 7.12. The van der Waals surface area contributed by atoms with Crippen molar-refractivity contribution in [1.29, 1.82) is 0 Å². The number of piperidine rings is 1. The number of hydrogen-bond acceptors (Lipinski definition) is 4. The maximum absolute atomic E-state index is 12.0. The van der Waals surface area contributed by atoms with Gasteiger partial charge in [0.2, 0.25) is 11.8 Å². The van der Waals surface area contributed by atoms with Gasteiger partial charge in [0.1, 0.15) is 0 Å². The molecule has 2 aliphatic rings. The zero-order valence-electron chi connectivity index (χ0n) is 13.6. The summed E-state index contributed by atoms with van der Waals surface area (Å²) in [5.41, 5.74) is 0. The van der Waals surface area contributed by atoms with Crippen LogP contribution in [0, 0.1) is 11.8 Å². The summed E-state index contributed by atoms with van der Waals surface area (Å²) in [5, 5.41) is 6.28. The van der Waals surface area contributed by atoms with Crippen LogP contribution < -0.4 is 10.6 Å². The first-order chi connectivity index (χ1) is 10.7. The Morgan fingerprint density at radius 2 is 2.14 bits per heavy atom. The minimum atomic E-state index is 0.0628. The molecule has 2 N–H and O–H groups in total. The predicted molar refractivity (Wildman–Crippen MR) is 84.4 cm³/mol. The molecule has 6 heteroatoms. The van der Waals surface area contributed by atoms with Gasteiger partial charge in [-0.2, -0.15) is 0 Å². The lowest BCUT2D eigenvalue weighted by Gasteiger charge is -2.28. The molecule has 0 saturated carbocycles. The van der Waals surface area contributed by atoms with Gasteiger partial charge >= 0.3 is 0 Å². The summed E-state index contributed by atoms with van der Waals surface area (Å²) >= 11 is 0. The number of nitrogens with zero attached hydrogens (tertiary/aromatic N) is 1. The van der Waals surface area contributed by atoms with E-state index in [4.69, 9.17) is 4.74 Å². The van der Waals surface area contributed by atoms with Crippen molar-refractivity contribution in [3.05, 3.63) is 0 Å². The molecule has 2 aliphatic heterocycles. The van der Waals surface area contributed by atoms with Gasteiger partial charge in [0.15, 0.2) is 0 Å². The second-order valence-corrected chi connectivity index (χ2v) is 6.38. The molecule has 0 spiro atoms. The minimum absolute atomic E-state index is 0.0628. The molecule has 0 aromatic carbocycles. The first-order valence-electron chi connectivity index (χ1n) is 8.49. The summed E-state index contributed by atoms with van der Waals surface area (Å²) in [7, 11) is 0. The number of carbonyl (C=O) groups is 2. The molecule has 2 unspecified atom stereocenters. The summed E-state index contributed by atoms with van der Waals surface area (Å²) in [4.78, 5) is 25.7. The van der Waals surface area contributed by atoms with Crippen LogP contribution in [0.4, 0.5) is 0 Å². The highest BCUT2D eigenvalue weighted by Gasteiger charge is 2.22. The number of hydrogen-bond donors (Lipinski definition) is 2. The Hall–Kier alpha value is -1.14. The molecule has 0 aromatic heterocycles. The van der Waals surface area contributed by atoms with E-state index in [1.54, 1.807) is 0 Å². The standard InChI is InChI=1S/C16H29N3O3/c1-13(14-3-2-5-17-12-14)11-15(20)18-6-4-16(21)19-7-9-22-10-8-19/h13-14,17H,2-12H2,1H3,(H,18,20). The molecule has 0 aromatic rings. The van der Waals surface area contributed by atoms with Crippen molar-refractivity contribution >= 4 is 11.8 Å². The Morgan fingerprint density at radius 3 is 2.82 bits per heavy atom. The molecular formula is C16H29N3O3. The fraction of sp³-hybridized carbons (Fsp3) is 0.875. The molecule has 2 fully saturated rings. The van der Waals surface area contributed by atoms with Crippen molar-refractivity contribution in [2.24, 2.45) is 11.8 Å². The van der Waals surface area contributed by atoms with Crippen molar-refractivity contribution in [1.82, 2.24) is 15.5 Å². The largest absolute Gasteiger partial charge is 0.378 e. The quantitative estimate of drug-likeness (QED) is 0.744. The smallest absolute Gasteiger partial charge is 0.224 e. The van der Waals surface area contributed by atoms with Crippen LogP contribution in [0.15, 0.2) is 0 Å². The Balaban J connectivity index is 1.59. The van der Waals surface area contributed by atoms with Gasteiger partial charge < -0.3 is 20.3 Å². The molecule has 6 nitrogen and oxygen atoms in total. The van der Waals surface area contributed by atoms with E-state index in [2.05, 4.69) is 17.6 Å². The molecule has 2 amide bonds. The highest BCUT2D eigenvalue weighted by molar-refractivity contribution is 5.79. The molecule has 2 heterocycles. The van der Waals surface area contributed by atoms with Crippen molar-refractivity contribution in [3.8, 4) is 0 Å². The lowest BCUT2D eigenvalue weighted by molar-refractivity contribution is -0.135. The topological polar surface area (TPSA) is 70.7 Å². The van der Waals surface area contributed by atoms with Gasteiger partial charge in [0.05, 0.1) is 13.2 Å². The third kappa shape index (κ3) is 5.57. The number of ether oxygens (including phenoxy) is 1. The van der Waals surface area contributed by atoms with Crippen molar-refractivity contribution in [3.63, 3.8) is 0 Å². The highest BCUT2D eigenvalue weighted by atomic mass is 16.5. The average molecular weight is 311 g/mol. The Bertz CT molecular complexity index is 364. The minimum Gasteiger partial charge on any atom is -0.378 e. The zero-order valence-corrected chi connectivity index (χ0v) is 13.6. The first-order valence-corrected chi connectivity index (χ1v) is 8.49. The molecule has 2 saturated heterocycles. The van der Waals surface area contributed by atoms with Crippen LogP contribution in [0.5, 0.6) is 0 Å². The number of nitrogens with one attached hydrogen (secondary N) is 2. The summed E-state index contributed by atoms with van der Waals surface area (Å²) in [6.07, 6.45) is 3.34. The van der Waals surface area contributed by atoms with Crippen molar-refractivity contribution in [2.45, 2.75) is 32.6 Å². The van der Waals surface area contributed by atoms with E-state index >= 15 is 0 Å². The van der Waals surface area contributed by atoms with E-state index in [1.165, 1.54) is 12.8 Å². The summed E-state index contributed by atoms with van der Waals surface area (Å²) < 4.78 is 5.23. The zero-order chi connectivity index (χ0) is 15.8. The van der Waals surface area contributed by atoms with Gasteiger partial charge in [-0.1, -0.05) is 6.92 Å². The van der Waals surface area contributed by atoms with Crippen LogP contribution in [0.2, 0.25) is 0 Å². The van der Waals surface area contributed by atoms with Crippen LogP contribution in [0.3, 0.4) is 0 Å². The Labute approximate surface area is 132 Å². The number of morpholine rings is 1. The number of carbonyl (C=O) groups excluding carboxylic acids is 2. The van der Waals surface area contributed by atoms with Gasteiger partial charge in [-0.05, 0) is 37.8 Å². The van der Waals surface area contributed by atoms with Gasteiger partial charge in [-0.25, -0.2) is 0 Å². The number of amides is 2. The maximum Gasteiger partial charge on any atom is 0.224 e. The maximum atomic E-state index is 12.0. The van der Waals surface area contributed by atoms with Crippen LogP contribution in [-0.4, -0.2) is 62.7 Å². The molecule has 2 atom stereocenters. The van der Waals surface area contributed by atoms with Crippen LogP contribution in [-0.2, 0) is 14.3 Å². The van der Waals surface area contributed by atoms with Crippen LogP contribution in [0.25, 0.3) is 0 Å². The predicted octanol–water partition coefficient (Wildman–Crippen LogP) is 0.377. The molecule has 0 aliphatic carbocycles. The Morgan fingerprint density at radius 1 is 1.36 bits per heavy atom.